The summed E-state index contributed by atoms with van der Waals surface area (Å²) in [5, 5.41) is 21.5. The number of hydrogen-bond donors (Lipinski definition) is 7. The van der Waals surface area contributed by atoms with Gasteiger partial charge in [-0.15, -0.1) is 0 Å². The summed E-state index contributed by atoms with van der Waals surface area (Å²) in [4.78, 5) is 41.4. The number of phenols is 1. The van der Waals surface area contributed by atoms with E-state index >= 15 is 0 Å². The number of nitrogens with two attached hydrogens (primary N) is 1. The van der Waals surface area contributed by atoms with Crippen molar-refractivity contribution in [2.24, 2.45) is 11.8 Å². The zero-order valence-electron chi connectivity index (χ0n) is 15.0. The lowest BCUT2D eigenvalue weighted by Crippen LogP contribution is -2.62. The molecule has 152 valence electrons. The van der Waals surface area contributed by atoms with Crippen molar-refractivity contribution in [3.05, 3.63) is 23.8 Å². The monoisotopic (exact) mass is 405 g/mol. The van der Waals surface area contributed by atoms with Crippen molar-refractivity contribution < 1.29 is 38.7 Å². The number of hydrogen-bond acceptors (Lipinski definition) is 7. The van der Waals surface area contributed by atoms with Gasteiger partial charge in [-0.25, -0.2) is 14.8 Å². The standard InChI is InChI=1S/C15H24N3O8P/c1-8(2)12(13(20)21)17-14(22)15(3,18-16)7-9-4-5-11(10(19)6-9)26-27(23,24)25/h4-6,8,12,18-19H,7,16H2,1-3H3,(H,17,22)(H,20,21)(H2,23,24,25). The molecule has 1 amide bonds. The molecule has 1 aromatic carbocycles. The fourth-order valence-corrected chi connectivity index (χ4v) is 2.71. The summed E-state index contributed by atoms with van der Waals surface area (Å²) < 4.78 is 15.2. The second kappa shape index (κ2) is 8.68. The van der Waals surface area contributed by atoms with Crippen LogP contribution in [0.25, 0.3) is 0 Å². The Hall–Kier alpha value is -2.17. The van der Waals surface area contributed by atoms with E-state index in [0.29, 0.717) is 5.56 Å². The molecule has 0 aliphatic heterocycles. The van der Waals surface area contributed by atoms with E-state index in [2.05, 4.69) is 15.3 Å². The van der Waals surface area contributed by atoms with Crippen molar-refractivity contribution in [2.75, 3.05) is 0 Å². The van der Waals surface area contributed by atoms with Gasteiger partial charge in [0.05, 0.1) is 0 Å². The second-order valence-electron chi connectivity index (χ2n) is 6.57. The maximum absolute atomic E-state index is 12.6. The predicted octanol–water partition coefficient (Wildman–Crippen LogP) is -0.146. The molecule has 0 aromatic heterocycles. The first kappa shape index (κ1) is 22.9. The molecule has 27 heavy (non-hydrogen) atoms. The number of hydrazine groups is 1. The van der Waals surface area contributed by atoms with Gasteiger partial charge in [0, 0.05) is 6.42 Å². The number of aliphatic carboxylic acids is 1. The molecule has 2 atom stereocenters. The molecule has 0 aliphatic carbocycles. The number of benzene rings is 1. The molecule has 1 aromatic rings. The average molecular weight is 405 g/mol. The molecule has 0 radical (unpaired) electrons. The van der Waals surface area contributed by atoms with Gasteiger partial charge in [-0.05, 0) is 30.5 Å². The second-order valence-corrected chi connectivity index (χ2v) is 7.73. The zero-order chi connectivity index (χ0) is 21.0. The van der Waals surface area contributed by atoms with Crippen molar-refractivity contribution in [1.82, 2.24) is 10.7 Å². The van der Waals surface area contributed by atoms with Gasteiger partial charge < -0.3 is 20.1 Å². The van der Waals surface area contributed by atoms with Crippen LogP contribution in [-0.4, -0.2) is 43.5 Å². The highest BCUT2D eigenvalue weighted by Gasteiger charge is 2.36. The SMILES string of the molecule is CC(C)C(NC(=O)C(C)(Cc1ccc(OP(=O)(O)O)c(O)c1)NN)C(=O)O. The van der Waals surface area contributed by atoms with Crippen LogP contribution < -0.4 is 21.1 Å². The number of phenolic OH excluding ortho intramolecular Hbond substituents is 1. The van der Waals surface area contributed by atoms with Gasteiger partial charge in [0.25, 0.3) is 0 Å². The van der Waals surface area contributed by atoms with Crippen LogP contribution in [0.15, 0.2) is 18.2 Å². The van der Waals surface area contributed by atoms with Crippen LogP contribution in [0.2, 0.25) is 0 Å². The zero-order valence-corrected chi connectivity index (χ0v) is 15.9. The summed E-state index contributed by atoms with van der Waals surface area (Å²) in [7, 11) is -4.84. The molecule has 0 saturated carbocycles. The van der Waals surface area contributed by atoms with Crippen molar-refractivity contribution >= 4 is 19.7 Å². The number of aromatic hydroxyl groups is 1. The van der Waals surface area contributed by atoms with Gasteiger partial charge in [-0.1, -0.05) is 19.9 Å². The molecular formula is C15H24N3O8P. The van der Waals surface area contributed by atoms with Gasteiger partial charge in [-0.2, -0.15) is 0 Å². The Labute approximate surface area is 155 Å². The van der Waals surface area contributed by atoms with Crippen molar-refractivity contribution in [1.29, 1.82) is 0 Å². The Morgan fingerprint density at radius 3 is 2.33 bits per heavy atom. The summed E-state index contributed by atoms with van der Waals surface area (Å²) in [5.41, 5.74) is 1.31. The average Bonchev–Trinajstić information content (AvgIpc) is 2.53. The number of carbonyl (C=O) groups excluding carboxylic acids is 1. The number of phosphoric acid groups is 1. The number of carboxylic acid groups (broad SMARTS) is 1. The molecule has 1 rings (SSSR count). The Kier molecular flexibility index (Phi) is 7.35. The number of amides is 1. The summed E-state index contributed by atoms with van der Waals surface area (Å²) in [6.07, 6.45) is -0.0521. The first-order valence-electron chi connectivity index (χ1n) is 7.87. The molecule has 12 heteroatoms. The third kappa shape index (κ3) is 6.49. The van der Waals surface area contributed by atoms with Crippen LogP contribution >= 0.6 is 7.82 Å². The van der Waals surface area contributed by atoms with E-state index in [1.165, 1.54) is 13.0 Å². The molecule has 11 nitrogen and oxygen atoms in total. The predicted molar refractivity (Wildman–Crippen MR) is 94.6 cm³/mol. The molecule has 0 fully saturated rings. The molecule has 8 N–H and O–H groups in total. The highest BCUT2D eigenvalue weighted by Crippen LogP contribution is 2.41. The topological polar surface area (TPSA) is 191 Å². The fourth-order valence-electron chi connectivity index (χ4n) is 2.30. The fraction of sp³-hybridized carbons (Fsp3) is 0.467. The van der Waals surface area contributed by atoms with E-state index < -0.39 is 42.8 Å². The van der Waals surface area contributed by atoms with Crippen molar-refractivity contribution in [3.8, 4) is 11.5 Å². The summed E-state index contributed by atoms with van der Waals surface area (Å²) in [6.45, 7) is 4.73. The Balaban J connectivity index is 3.01. The van der Waals surface area contributed by atoms with Crippen LogP contribution in [0, 0.1) is 5.92 Å². The van der Waals surface area contributed by atoms with E-state index in [0.717, 1.165) is 12.1 Å². The lowest BCUT2D eigenvalue weighted by atomic mass is 9.91. The maximum Gasteiger partial charge on any atom is 0.524 e. The molecule has 0 aliphatic rings. The van der Waals surface area contributed by atoms with Crippen LogP contribution in [0.3, 0.4) is 0 Å². The normalized spacial score (nSPS) is 15.1. The van der Waals surface area contributed by atoms with Crippen LogP contribution in [-0.2, 0) is 20.6 Å². The van der Waals surface area contributed by atoms with Crippen LogP contribution in [0.1, 0.15) is 26.3 Å². The summed E-state index contributed by atoms with van der Waals surface area (Å²) >= 11 is 0. The minimum Gasteiger partial charge on any atom is -0.504 e. The van der Waals surface area contributed by atoms with Gasteiger partial charge in [0.1, 0.15) is 11.6 Å². The smallest absolute Gasteiger partial charge is 0.504 e. The van der Waals surface area contributed by atoms with Crippen molar-refractivity contribution in [2.45, 2.75) is 38.8 Å². The number of carbonyl (C=O) groups is 2. The Morgan fingerprint density at radius 1 is 1.33 bits per heavy atom. The van der Waals surface area contributed by atoms with Gasteiger partial charge in [-0.3, -0.25) is 20.4 Å². The van der Waals surface area contributed by atoms with E-state index in [4.69, 9.17) is 15.6 Å². The van der Waals surface area contributed by atoms with Crippen molar-refractivity contribution in [3.63, 3.8) is 0 Å². The number of carboxylic acids is 1. The minimum atomic E-state index is -4.84. The molecule has 0 bridgehead atoms. The molecule has 0 saturated heterocycles. The molecule has 2 unspecified atom stereocenters. The number of phosphoric ester groups is 1. The lowest BCUT2D eigenvalue weighted by Gasteiger charge is -2.30. The minimum absolute atomic E-state index is 0.0521. The quantitative estimate of drug-likeness (QED) is 0.165. The third-order valence-corrected chi connectivity index (χ3v) is 4.27. The lowest BCUT2D eigenvalue weighted by molar-refractivity contribution is -0.144. The number of nitrogens with one attached hydrogen (secondary N) is 2. The van der Waals surface area contributed by atoms with Gasteiger partial charge >= 0.3 is 13.8 Å². The first-order chi connectivity index (χ1) is 12.3. The first-order valence-corrected chi connectivity index (χ1v) is 9.40. The third-order valence-electron chi connectivity index (χ3n) is 3.84. The molecule has 0 heterocycles. The van der Waals surface area contributed by atoms with E-state index in [1.54, 1.807) is 13.8 Å². The number of rotatable bonds is 9. The Bertz CT molecular complexity index is 751. The van der Waals surface area contributed by atoms with E-state index in [-0.39, 0.29) is 12.3 Å². The van der Waals surface area contributed by atoms with Gasteiger partial charge in [0.2, 0.25) is 5.91 Å². The highest BCUT2D eigenvalue weighted by molar-refractivity contribution is 7.46. The summed E-state index contributed by atoms with van der Waals surface area (Å²) in [5.74, 6) is 2.31. The van der Waals surface area contributed by atoms with E-state index in [9.17, 15) is 24.4 Å². The molecule has 0 spiro atoms. The van der Waals surface area contributed by atoms with Crippen LogP contribution in [0.4, 0.5) is 0 Å². The maximum atomic E-state index is 12.6. The molecular weight excluding hydrogens is 381 g/mol. The van der Waals surface area contributed by atoms with Gasteiger partial charge in [0.15, 0.2) is 11.5 Å². The highest BCUT2D eigenvalue weighted by atomic mass is 31.2. The van der Waals surface area contributed by atoms with Crippen LogP contribution in [0.5, 0.6) is 11.5 Å². The largest absolute Gasteiger partial charge is 0.524 e. The Morgan fingerprint density at radius 2 is 1.93 bits per heavy atom. The van der Waals surface area contributed by atoms with E-state index in [1.807, 2.05) is 0 Å². The summed E-state index contributed by atoms with van der Waals surface area (Å²) in [6, 6.07) is 2.56.